The van der Waals surface area contributed by atoms with Gasteiger partial charge in [-0.15, -0.1) is 0 Å². The third kappa shape index (κ3) is 2.53. The maximum atomic E-state index is 13.3. The largest absolute Gasteiger partial charge is 0.460 e. The number of furan rings is 3. The molecule has 0 N–H and O–H groups in total. The monoisotopic (exact) mass is 500 g/mol. The number of fused-ring (bicyclic) bond motifs is 4. The Bertz CT molecular complexity index is 1520. The molecule has 3 aromatic heterocycles. The molecule has 0 amide bonds. The summed E-state index contributed by atoms with van der Waals surface area (Å²) < 4.78 is 23.4. The number of esters is 2. The van der Waals surface area contributed by atoms with E-state index in [4.69, 9.17) is 18.3 Å². The van der Waals surface area contributed by atoms with E-state index in [1.54, 1.807) is 0 Å². The fourth-order valence-corrected chi connectivity index (χ4v) is 9.77. The molecule has 0 aromatic carbocycles. The second-order valence-electron chi connectivity index (χ2n) is 13.6. The van der Waals surface area contributed by atoms with Crippen LogP contribution in [-0.2, 0) is 29.5 Å². The zero-order chi connectivity index (χ0) is 24.8. The average Bonchev–Trinajstić information content (AvgIpc) is 3.65. The molecule has 9 rings (SSSR count). The topological polar surface area (TPSA) is 78.9 Å². The van der Waals surface area contributed by atoms with Crippen LogP contribution >= 0.6 is 0 Å². The van der Waals surface area contributed by atoms with Gasteiger partial charge in [-0.1, -0.05) is 6.92 Å². The summed E-state index contributed by atoms with van der Waals surface area (Å²) in [6, 6.07) is 0. The lowest BCUT2D eigenvalue weighted by atomic mass is 9.49. The molecule has 6 nitrogen and oxygen atoms in total. The van der Waals surface area contributed by atoms with Gasteiger partial charge in [0.1, 0.15) is 22.3 Å². The zero-order valence-electron chi connectivity index (χ0n) is 21.5. The molecule has 6 heteroatoms. The van der Waals surface area contributed by atoms with E-state index in [0.717, 1.165) is 70.3 Å². The number of rotatable bonds is 6. The SMILES string of the molecule is Cc1c2c3oc1c(CCc1c4oc5c1OC(=O)[C@]5(CC[C@@H]1CC5CC[C@@]6(C)CC5CC1C6)C4)c3C(=O)O2. The molecule has 6 aliphatic rings. The normalized spacial score (nSPS) is 36.3. The second kappa shape index (κ2) is 6.62. The van der Waals surface area contributed by atoms with Gasteiger partial charge in [0.25, 0.3) is 0 Å². The average molecular weight is 501 g/mol. The Labute approximate surface area is 215 Å². The van der Waals surface area contributed by atoms with Crippen LogP contribution in [0.2, 0.25) is 0 Å². The van der Waals surface area contributed by atoms with Crippen molar-refractivity contribution in [2.24, 2.45) is 29.1 Å². The van der Waals surface area contributed by atoms with Crippen LogP contribution in [0.5, 0.6) is 11.5 Å². The molecule has 6 heterocycles. The highest BCUT2D eigenvalue weighted by atomic mass is 16.6. The summed E-state index contributed by atoms with van der Waals surface area (Å²) in [5.41, 5.74) is 4.65. The van der Waals surface area contributed by atoms with Crippen LogP contribution in [0, 0.1) is 36.0 Å². The van der Waals surface area contributed by atoms with Crippen molar-refractivity contribution < 1.29 is 27.9 Å². The van der Waals surface area contributed by atoms with Gasteiger partial charge in [-0.25, -0.2) is 4.79 Å². The van der Waals surface area contributed by atoms with Crippen molar-refractivity contribution >= 4 is 23.1 Å². The third-order valence-corrected chi connectivity index (χ3v) is 11.6. The van der Waals surface area contributed by atoms with Crippen molar-refractivity contribution in [1.82, 2.24) is 0 Å². The van der Waals surface area contributed by atoms with E-state index in [9.17, 15) is 9.59 Å². The standard InChI is InChI=1S/C31H32O6/c1-14-23-20(22-26(35-23)24(14)36-28(22)32)4-3-19-21-13-31(27(34-21)25(19)37-29(31)33)8-6-16-9-15-5-7-30(2)11-17(15)10-18(16)12-30/h15-18H,3-13H2,1-2H3/t15?,16-,17?,18?,30+,31-/m1/s1. The minimum Gasteiger partial charge on any atom is -0.460 e. The summed E-state index contributed by atoms with van der Waals surface area (Å²) in [6.07, 6.45) is 12.2. The molecular weight excluding hydrogens is 468 g/mol. The van der Waals surface area contributed by atoms with Crippen LogP contribution in [0.3, 0.4) is 0 Å². The van der Waals surface area contributed by atoms with Gasteiger partial charge in [-0.2, -0.15) is 0 Å². The molecule has 0 spiro atoms. The number of carbonyl (C=O) groups is 2. The second-order valence-corrected chi connectivity index (χ2v) is 13.6. The van der Waals surface area contributed by atoms with Crippen LogP contribution in [0.15, 0.2) is 8.83 Å². The molecule has 192 valence electrons. The van der Waals surface area contributed by atoms with Crippen LogP contribution in [0.1, 0.15) is 96.9 Å². The Hall–Kier alpha value is -2.76. The first-order valence-corrected chi connectivity index (χ1v) is 14.3. The fraction of sp³-hybridized carbons (Fsp3) is 0.613. The molecule has 0 radical (unpaired) electrons. The molecule has 3 unspecified atom stereocenters. The zero-order valence-corrected chi connectivity index (χ0v) is 21.5. The van der Waals surface area contributed by atoms with Crippen LogP contribution < -0.4 is 9.47 Å². The van der Waals surface area contributed by atoms with Gasteiger partial charge in [0.2, 0.25) is 0 Å². The Morgan fingerprint density at radius 2 is 1.76 bits per heavy atom. The van der Waals surface area contributed by atoms with Crippen molar-refractivity contribution in [3.05, 3.63) is 33.8 Å². The lowest BCUT2D eigenvalue weighted by Gasteiger charge is -2.56. The highest BCUT2D eigenvalue weighted by molar-refractivity contribution is 6.11. The van der Waals surface area contributed by atoms with Crippen molar-refractivity contribution in [2.75, 3.05) is 0 Å². The van der Waals surface area contributed by atoms with Crippen molar-refractivity contribution in [3.63, 3.8) is 0 Å². The van der Waals surface area contributed by atoms with E-state index in [1.165, 1.54) is 38.5 Å². The molecule has 3 aliphatic carbocycles. The summed E-state index contributed by atoms with van der Waals surface area (Å²) in [4.78, 5) is 25.7. The lowest BCUT2D eigenvalue weighted by molar-refractivity contribution is -0.138. The van der Waals surface area contributed by atoms with Crippen LogP contribution in [0.4, 0.5) is 0 Å². The molecule has 3 aliphatic heterocycles. The lowest BCUT2D eigenvalue weighted by Crippen LogP contribution is -2.46. The van der Waals surface area contributed by atoms with Crippen LogP contribution in [-0.4, -0.2) is 11.9 Å². The van der Waals surface area contributed by atoms with Gasteiger partial charge in [-0.05, 0) is 100 Å². The van der Waals surface area contributed by atoms with Gasteiger partial charge < -0.3 is 18.3 Å². The minimum atomic E-state index is -0.603. The first-order valence-electron chi connectivity index (χ1n) is 14.3. The van der Waals surface area contributed by atoms with E-state index in [2.05, 4.69) is 6.92 Å². The van der Waals surface area contributed by atoms with Gasteiger partial charge in [-0.3, -0.25) is 4.79 Å². The molecular formula is C31H32O6. The van der Waals surface area contributed by atoms with Crippen LogP contribution in [0.25, 0.3) is 11.2 Å². The number of ether oxygens (including phenoxy) is 2. The van der Waals surface area contributed by atoms with Crippen molar-refractivity contribution in [3.8, 4) is 11.5 Å². The van der Waals surface area contributed by atoms with Crippen molar-refractivity contribution in [1.29, 1.82) is 0 Å². The summed E-state index contributed by atoms with van der Waals surface area (Å²) >= 11 is 0. The molecule has 37 heavy (non-hydrogen) atoms. The summed E-state index contributed by atoms with van der Waals surface area (Å²) in [5.74, 6) is 5.87. The van der Waals surface area contributed by atoms with Gasteiger partial charge in [0, 0.05) is 23.1 Å². The highest BCUT2D eigenvalue weighted by Crippen LogP contribution is 2.62. The van der Waals surface area contributed by atoms with Gasteiger partial charge in [0.15, 0.2) is 22.8 Å². The summed E-state index contributed by atoms with van der Waals surface area (Å²) in [7, 11) is 0. The Kier molecular flexibility index (Phi) is 3.79. The molecule has 6 atom stereocenters. The predicted octanol–water partition coefficient (Wildman–Crippen LogP) is 6.44. The Morgan fingerprint density at radius 3 is 2.65 bits per heavy atom. The Balaban J connectivity index is 0.953. The first-order chi connectivity index (χ1) is 17.8. The predicted molar refractivity (Wildman–Crippen MR) is 133 cm³/mol. The van der Waals surface area contributed by atoms with Gasteiger partial charge >= 0.3 is 11.9 Å². The van der Waals surface area contributed by atoms with E-state index < -0.39 is 5.41 Å². The number of benzene rings is 1. The fourth-order valence-electron chi connectivity index (χ4n) is 9.77. The number of aryl methyl sites for hydroxylation is 2. The number of hydrogen-bond acceptors (Lipinski definition) is 6. The van der Waals surface area contributed by atoms with E-state index in [-0.39, 0.29) is 11.9 Å². The highest BCUT2D eigenvalue weighted by Gasteiger charge is 2.60. The molecule has 3 fully saturated rings. The first kappa shape index (κ1) is 21.2. The molecule has 3 saturated carbocycles. The third-order valence-electron chi connectivity index (χ3n) is 11.6. The van der Waals surface area contributed by atoms with E-state index in [0.29, 0.717) is 47.3 Å². The molecule has 0 saturated heterocycles. The Morgan fingerprint density at radius 1 is 0.919 bits per heavy atom. The molecule has 7 bridgehead atoms. The van der Waals surface area contributed by atoms with E-state index >= 15 is 0 Å². The van der Waals surface area contributed by atoms with Crippen molar-refractivity contribution in [2.45, 2.75) is 89.9 Å². The smallest absolute Gasteiger partial charge is 0.348 e. The quantitative estimate of drug-likeness (QED) is 0.363. The molecule has 3 aromatic rings. The van der Waals surface area contributed by atoms with Gasteiger partial charge in [0.05, 0.1) is 0 Å². The summed E-state index contributed by atoms with van der Waals surface area (Å²) in [5, 5.41) is 0. The maximum Gasteiger partial charge on any atom is 0.348 e. The maximum absolute atomic E-state index is 13.3. The number of carbonyl (C=O) groups excluding carboxylic acids is 2. The minimum absolute atomic E-state index is 0.119. The van der Waals surface area contributed by atoms with E-state index in [1.807, 2.05) is 6.92 Å². The summed E-state index contributed by atoms with van der Waals surface area (Å²) in [6.45, 7) is 4.45. The number of hydrogen-bond donors (Lipinski definition) is 0.